The van der Waals surface area contributed by atoms with Crippen molar-refractivity contribution < 1.29 is 9.13 Å². The molecule has 0 radical (unpaired) electrons. The molecule has 0 aromatic heterocycles. The molecule has 2 nitrogen and oxygen atoms in total. The first kappa shape index (κ1) is 13.5. The molecule has 90 valence electrons. The van der Waals surface area contributed by atoms with Crippen LogP contribution in [0.25, 0.3) is 0 Å². The average Bonchev–Trinajstić information content (AvgIpc) is 2.23. The molecule has 0 aliphatic carbocycles. The minimum Gasteiger partial charge on any atom is -0.486 e. The van der Waals surface area contributed by atoms with Crippen LogP contribution in [0.3, 0.4) is 0 Å². The fraction of sp³-hybridized carbons (Fsp3) is 0.500. The first-order valence-electron chi connectivity index (χ1n) is 5.43. The lowest BCUT2D eigenvalue weighted by Crippen LogP contribution is -2.29. The van der Waals surface area contributed by atoms with Crippen molar-refractivity contribution in [1.82, 2.24) is 5.32 Å². The minimum absolute atomic E-state index is 0.0191. The quantitative estimate of drug-likeness (QED) is 0.867. The molecule has 0 aliphatic heterocycles. The van der Waals surface area contributed by atoms with Gasteiger partial charge in [0.05, 0.1) is 0 Å². The van der Waals surface area contributed by atoms with Crippen LogP contribution in [-0.4, -0.2) is 19.7 Å². The predicted octanol–water partition coefficient (Wildman–Crippen LogP) is 3.36. The Bertz CT molecular complexity index is 327. The standard InChI is InChI=1S/C12H17BrFNO/c1-3-4-10(8-15-2)16-12-6-5-9(13)7-11(12)14/h5-7,10,15H,3-4,8H2,1-2H3. The largest absolute Gasteiger partial charge is 0.486 e. The summed E-state index contributed by atoms with van der Waals surface area (Å²) in [5, 5.41) is 3.05. The molecule has 1 N–H and O–H groups in total. The summed E-state index contributed by atoms with van der Waals surface area (Å²) >= 11 is 3.22. The van der Waals surface area contributed by atoms with Crippen LogP contribution in [0, 0.1) is 5.82 Å². The van der Waals surface area contributed by atoms with E-state index in [4.69, 9.17) is 4.74 Å². The number of ether oxygens (including phenoxy) is 1. The normalized spacial score (nSPS) is 12.5. The highest BCUT2D eigenvalue weighted by Crippen LogP contribution is 2.23. The molecule has 0 fully saturated rings. The van der Waals surface area contributed by atoms with Crippen molar-refractivity contribution in [3.63, 3.8) is 0 Å². The molecule has 16 heavy (non-hydrogen) atoms. The topological polar surface area (TPSA) is 21.3 Å². The van der Waals surface area contributed by atoms with Crippen molar-refractivity contribution in [2.24, 2.45) is 0 Å². The predicted molar refractivity (Wildman–Crippen MR) is 67.4 cm³/mol. The molecule has 1 aromatic carbocycles. The van der Waals surface area contributed by atoms with Crippen molar-refractivity contribution in [3.8, 4) is 5.75 Å². The van der Waals surface area contributed by atoms with Crippen molar-refractivity contribution in [3.05, 3.63) is 28.5 Å². The molecular formula is C12H17BrFNO. The Labute approximate surface area is 104 Å². The van der Waals surface area contributed by atoms with Crippen LogP contribution >= 0.6 is 15.9 Å². The number of nitrogens with one attached hydrogen (secondary N) is 1. The molecule has 0 bridgehead atoms. The first-order chi connectivity index (χ1) is 7.67. The van der Waals surface area contributed by atoms with Crippen molar-refractivity contribution in [2.45, 2.75) is 25.9 Å². The molecule has 4 heteroatoms. The van der Waals surface area contributed by atoms with Gasteiger partial charge in [-0.1, -0.05) is 29.3 Å². The van der Waals surface area contributed by atoms with E-state index >= 15 is 0 Å². The number of hydrogen-bond donors (Lipinski definition) is 1. The zero-order valence-electron chi connectivity index (χ0n) is 9.59. The Kier molecular flexibility index (Phi) is 5.77. The van der Waals surface area contributed by atoms with Gasteiger partial charge >= 0.3 is 0 Å². The van der Waals surface area contributed by atoms with E-state index in [-0.39, 0.29) is 11.9 Å². The molecular weight excluding hydrogens is 273 g/mol. The van der Waals surface area contributed by atoms with E-state index in [0.717, 1.165) is 23.9 Å². The summed E-state index contributed by atoms with van der Waals surface area (Å²) in [7, 11) is 1.87. The number of rotatable bonds is 6. The summed E-state index contributed by atoms with van der Waals surface area (Å²) in [6.07, 6.45) is 1.95. The van der Waals surface area contributed by atoms with Gasteiger partial charge in [-0.25, -0.2) is 4.39 Å². The lowest BCUT2D eigenvalue weighted by molar-refractivity contribution is 0.181. The second kappa shape index (κ2) is 6.86. The Morgan fingerprint density at radius 2 is 2.25 bits per heavy atom. The fourth-order valence-corrected chi connectivity index (χ4v) is 1.84. The number of hydrogen-bond acceptors (Lipinski definition) is 2. The number of likely N-dealkylation sites (N-methyl/N-ethyl adjacent to an activating group) is 1. The van der Waals surface area contributed by atoms with E-state index in [0.29, 0.717) is 5.75 Å². The van der Waals surface area contributed by atoms with Gasteiger partial charge in [-0.15, -0.1) is 0 Å². The molecule has 1 atom stereocenters. The third kappa shape index (κ3) is 4.10. The van der Waals surface area contributed by atoms with Gasteiger partial charge in [-0.05, 0) is 31.7 Å². The second-order valence-corrected chi connectivity index (χ2v) is 4.58. The van der Waals surface area contributed by atoms with Crippen LogP contribution in [0.1, 0.15) is 19.8 Å². The Hall–Kier alpha value is -0.610. The smallest absolute Gasteiger partial charge is 0.166 e. The van der Waals surface area contributed by atoms with E-state index in [1.165, 1.54) is 6.07 Å². The van der Waals surface area contributed by atoms with Crippen LogP contribution in [0.4, 0.5) is 4.39 Å². The molecule has 0 saturated heterocycles. The van der Waals surface area contributed by atoms with Gasteiger partial charge in [0.15, 0.2) is 11.6 Å². The van der Waals surface area contributed by atoms with Crippen molar-refractivity contribution in [1.29, 1.82) is 0 Å². The summed E-state index contributed by atoms with van der Waals surface area (Å²) in [5.41, 5.74) is 0. The van der Waals surface area contributed by atoms with E-state index in [2.05, 4.69) is 28.2 Å². The van der Waals surface area contributed by atoms with Crippen LogP contribution in [0.2, 0.25) is 0 Å². The maximum Gasteiger partial charge on any atom is 0.166 e. The minimum atomic E-state index is -0.327. The monoisotopic (exact) mass is 289 g/mol. The van der Waals surface area contributed by atoms with Crippen LogP contribution in [0.5, 0.6) is 5.75 Å². The van der Waals surface area contributed by atoms with Gasteiger partial charge in [-0.2, -0.15) is 0 Å². The van der Waals surface area contributed by atoms with Gasteiger partial charge < -0.3 is 10.1 Å². The fourth-order valence-electron chi connectivity index (χ4n) is 1.50. The van der Waals surface area contributed by atoms with Crippen molar-refractivity contribution >= 4 is 15.9 Å². The number of benzene rings is 1. The zero-order chi connectivity index (χ0) is 12.0. The molecule has 1 aromatic rings. The zero-order valence-corrected chi connectivity index (χ0v) is 11.2. The van der Waals surface area contributed by atoms with E-state index in [1.54, 1.807) is 12.1 Å². The van der Waals surface area contributed by atoms with Crippen LogP contribution in [0.15, 0.2) is 22.7 Å². The maximum absolute atomic E-state index is 13.5. The van der Waals surface area contributed by atoms with Gasteiger partial charge in [0.25, 0.3) is 0 Å². The molecule has 1 rings (SSSR count). The highest BCUT2D eigenvalue weighted by molar-refractivity contribution is 9.10. The van der Waals surface area contributed by atoms with Gasteiger partial charge in [-0.3, -0.25) is 0 Å². The van der Waals surface area contributed by atoms with Gasteiger partial charge in [0.1, 0.15) is 6.10 Å². The molecule has 0 aliphatic rings. The summed E-state index contributed by atoms with van der Waals surface area (Å²) in [5.74, 6) is -0.0107. The first-order valence-corrected chi connectivity index (χ1v) is 6.23. The second-order valence-electron chi connectivity index (χ2n) is 3.66. The average molecular weight is 290 g/mol. The third-order valence-electron chi connectivity index (χ3n) is 2.23. The molecule has 0 spiro atoms. The van der Waals surface area contributed by atoms with Gasteiger partial charge in [0, 0.05) is 11.0 Å². The summed E-state index contributed by atoms with van der Waals surface area (Å²) < 4.78 is 19.9. The summed E-state index contributed by atoms with van der Waals surface area (Å²) in [4.78, 5) is 0. The molecule has 1 unspecified atom stereocenters. The van der Waals surface area contributed by atoms with E-state index in [9.17, 15) is 4.39 Å². The van der Waals surface area contributed by atoms with Gasteiger partial charge in [0.2, 0.25) is 0 Å². The highest BCUT2D eigenvalue weighted by Gasteiger charge is 2.11. The molecule has 0 heterocycles. The molecule has 0 amide bonds. The van der Waals surface area contributed by atoms with Crippen LogP contribution in [-0.2, 0) is 0 Å². The van der Waals surface area contributed by atoms with E-state index < -0.39 is 0 Å². The van der Waals surface area contributed by atoms with Crippen LogP contribution < -0.4 is 10.1 Å². The third-order valence-corrected chi connectivity index (χ3v) is 2.72. The maximum atomic E-state index is 13.5. The lowest BCUT2D eigenvalue weighted by atomic mass is 10.2. The summed E-state index contributed by atoms with van der Waals surface area (Å²) in [6, 6.07) is 4.84. The number of halogens is 2. The van der Waals surface area contributed by atoms with Crippen molar-refractivity contribution in [2.75, 3.05) is 13.6 Å². The lowest BCUT2D eigenvalue weighted by Gasteiger charge is -2.18. The van der Waals surface area contributed by atoms with E-state index in [1.807, 2.05) is 7.05 Å². The highest BCUT2D eigenvalue weighted by atomic mass is 79.9. The molecule has 0 saturated carbocycles. The Morgan fingerprint density at radius 3 is 2.81 bits per heavy atom. The summed E-state index contributed by atoms with van der Waals surface area (Å²) in [6.45, 7) is 2.81. The SMILES string of the molecule is CCCC(CNC)Oc1ccc(Br)cc1F. The Balaban J connectivity index is 2.68. The Morgan fingerprint density at radius 1 is 1.50 bits per heavy atom.